The Hall–Kier alpha value is -2.30. The van der Waals surface area contributed by atoms with Crippen molar-refractivity contribution in [3.63, 3.8) is 0 Å². The van der Waals surface area contributed by atoms with E-state index in [9.17, 15) is 9.59 Å². The molecule has 1 heterocycles. The standard InChI is InChI=1S/C12H12N2O3/c1-8(15)11-7-12(16)14(13-11)9-4-3-5-10(6-9)17-2/h3-7,13H,1-2H3. The Balaban J connectivity index is 2.52. The number of methoxy groups -OCH3 is 1. The first kappa shape index (κ1) is 11.2. The third-order valence-corrected chi connectivity index (χ3v) is 2.41. The monoisotopic (exact) mass is 232 g/mol. The number of nitrogens with one attached hydrogen (secondary N) is 1. The minimum absolute atomic E-state index is 0.177. The summed E-state index contributed by atoms with van der Waals surface area (Å²) >= 11 is 0. The lowest BCUT2D eigenvalue weighted by molar-refractivity contribution is 0.101. The van der Waals surface area contributed by atoms with Crippen molar-refractivity contribution < 1.29 is 9.53 Å². The second-order valence-electron chi connectivity index (χ2n) is 3.60. The van der Waals surface area contributed by atoms with Crippen LogP contribution in [0.2, 0.25) is 0 Å². The maximum atomic E-state index is 11.7. The highest BCUT2D eigenvalue weighted by molar-refractivity contribution is 5.91. The molecule has 0 atom stereocenters. The molecule has 0 saturated carbocycles. The summed E-state index contributed by atoms with van der Waals surface area (Å²) in [5, 5.41) is 2.75. The van der Waals surface area contributed by atoms with Gasteiger partial charge < -0.3 is 4.74 Å². The summed E-state index contributed by atoms with van der Waals surface area (Å²) in [5.41, 5.74) is 0.642. The maximum Gasteiger partial charge on any atom is 0.271 e. The molecule has 88 valence electrons. The molecule has 0 fully saturated rings. The number of nitrogens with zero attached hydrogens (tertiary/aromatic N) is 1. The van der Waals surface area contributed by atoms with Crippen LogP contribution in [-0.2, 0) is 0 Å². The smallest absolute Gasteiger partial charge is 0.271 e. The first-order valence-electron chi connectivity index (χ1n) is 5.09. The first-order valence-corrected chi connectivity index (χ1v) is 5.09. The number of hydrogen-bond acceptors (Lipinski definition) is 3. The molecule has 5 nitrogen and oxygen atoms in total. The summed E-state index contributed by atoms with van der Waals surface area (Å²) in [4.78, 5) is 22.8. The number of H-pyrrole nitrogens is 1. The highest BCUT2D eigenvalue weighted by Crippen LogP contribution is 2.14. The zero-order valence-corrected chi connectivity index (χ0v) is 9.56. The fourth-order valence-electron chi connectivity index (χ4n) is 1.52. The number of ether oxygens (including phenoxy) is 1. The van der Waals surface area contributed by atoms with Gasteiger partial charge in [0.15, 0.2) is 5.78 Å². The summed E-state index contributed by atoms with van der Waals surface area (Å²) in [6, 6.07) is 8.30. The van der Waals surface area contributed by atoms with Crippen LogP contribution in [0, 0.1) is 0 Å². The third kappa shape index (κ3) is 2.13. The Labute approximate surface area is 97.6 Å². The Kier molecular flexibility index (Phi) is 2.82. The number of carbonyl (C=O) groups is 1. The van der Waals surface area contributed by atoms with Crippen LogP contribution in [0.3, 0.4) is 0 Å². The zero-order chi connectivity index (χ0) is 12.4. The van der Waals surface area contributed by atoms with E-state index < -0.39 is 0 Å². The summed E-state index contributed by atoms with van der Waals surface area (Å²) in [6.45, 7) is 1.40. The van der Waals surface area contributed by atoms with Crippen LogP contribution in [-0.4, -0.2) is 22.7 Å². The molecule has 0 spiro atoms. The largest absolute Gasteiger partial charge is 0.497 e. The zero-order valence-electron chi connectivity index (χ0n) is 9.56. The molecule has 0 aliphatic heterocycles. The van der Waals surface area contributed by atoms with Crippen molar-refractivity contribution in [2.75, 3.05) is 7.11 Å². The van der Waals surface area contributed by atoms with Gasteiger partial charge in [-0.1, -0.05) is 6.07 Å². The van der Waals surface area contributed by atoms with E-state index in [2.05, 4.69) is 5.10 Å². The molecule has 2 rings (SSSR count). The van der Waals surface area contributed by atoms with E-state index in [1.54, 1.807) is 31.4 Å². The molecular formula is C12H12N2O3. The van der Waals surface area contributed by atoms with Gasteiger partial charge in [-0.3, -0.25) is 14.7 Å². The average Bonchev–Trinajstić information content (AvgIpc) is 2.72. The van der Waals surface area contributed by atoms with E-state index in [1.165, 1.54) is 17.7 Å². The fourth-order valence-corrected chi connectivity index (χ4v) is 1.52. The second-order valence-corrected chi connectivity index (χ2v) is 3.60. The normalized spacial score (nSPS) is 10.2. The number of ketones is 1. The summed E-state index contributed by atoms with van der Waals surface area (Å²) in [6.07, 6.45) is 0. The number of Topliss-reactive ketones (excluding diaryl/α,β-unsaturated/α-hetero) is 1. The number of carbonyl (C=O) groups excluding carboxylic acids is 1. The van der Waals surface area contributed by atoms with Gasteiger partial charge in [0.05, 0.1) is 12.8 Å². The minimum atomic E-state index is -0.275. The molecule has 1 aromatic heterocycles. The van der Waals surface area contributed by atoms with Gasteiger partial charge in [-0.15, -0.1) is 0 Å². The molecule has 5 heteroatoms. The number of hydrogen-bond donors (Lipinski definition) is 1. The predicted molar refractivity (Wildman–Crippen MR) is 62.9 cm³/mol. The lowest BCUT2D eigenvalue weighted by Crippen LogP contribution is -2.13. The van der Waals surface area contributed by atoms with Gasteiger partial charge in [0.2, 0.25) is 0 Å². The minimum Gasteiger partial charge on any atom is -0.497 e. The van der Waals surface area contributed by atoms with Crippen LogP contribution < -0.4 is 10.3 Å². The Morgan fingerprint density at radius 1 is 1.35 bits per heavy atom. The SMILES string of the molecule is COc1cccc(-n2[nH]c(C(C)=O)cc2=O)c1. The quantitative estimate of drug-likeness (QED) is 0.813. The lowest BCUT2D eigenvalue weighted by Gasteiger charge is -2.04. The molecule has 0 radical (unpaired) electrons. The van der Waals surface area contributed by atoms with Crippen LogP contribution >= 0.6 is 0 Å². The van der Waals surface area contributed by atoms with E-state index in [0.717, 1.165) is 0 Å². The molecule has 0 bridgehead atoms. The fraction of sp³-hybridized carbons (Fsp3) is 0.167. The van der Waals surface area contributed by atoms with E-state index in [1.807, 2.05) is 0 Å². The van der Waals surface area contributed by atoms with Crippen molar-refractivity contribution in [2.45, 2.75) is 6.92 Å². The Morgan fingerprint density at radius 2 is 2.12 bits per heavy atom. The Morgan fingerprint density at radius 3 is 2.71 bits per heavy atom. The predicted octanol–water partition coefficient (Wildman–Crippen LogP) is 1.38. The number of rotatable bonds is 3. The molecule has 2 aromatic rings. The van der Waals surface area contributed by atoms with E-state index in [0.29, 0.717) is 11.4 Å². The average molecular weight is 232 g/mol. The lowest BCUT2D eigenvalue weighted by atomic mass is 10.3. The second kappa shape index (κ2) is 4.29. The van der Waals surface area contributed by atoms with E-state index in [4.69, 9.17) is 4.74 Å². The Bertz CT molecular complexity index is 610. The van der Waals surface area contributed by atoms with Gasteiger partial charge >= 0.3 is 0 Å². The molecule has 0 aliphatic carbocycles. The van der Waals surface area contributed by atoms with Crippen molar-refractivity contribution >= 4 is 5.78 Å². The van der Waals surface area contributed by atoms with Crippen molar-refractivity contribution in [2.24, 2.45) is 0 Å². The molecule has 0 amide bonds. The molecule has 1 aromatic carbocycles. The number of benzene rings is 1. The van der Waals surface area contributed by atoms with Crippen molar-refractivity contribution in [1.82, 2.24) is 9.78 Å². The van der Waals surface area contributed by atoms with Crippen LogP contribution in [0.25, 0.3) is 5.69 Å². The van der Waals surface area contributed by atoms with Gasteiger partial charge in [0, 0.05) is 19.1 Å². The van der Waals surface area contributed by atoms with Gasteiger partial charge in [-0.05, 0) is 12.1 Å². The van der Waals surface area contributed by atoms with E-state index in [-0.39, 0.29) is 17.0 Å². The number of aromatic nitrogens is 2. The van der Waals surface area contributed by atoms with Crippen LogP contribution in [0.15, 0.2) is 35.1 Å². The first-order chi connectivity index (χ1) is 8.11. The number of aromatic amines is 1. The molecule has 1 N–H and O–H groups in total. The van der Waals surface area contributed by atoms with Crippen molar-refractivity contribution in [3.8, 4) is 11.4 Å². The molecule has 0 saturated heterocycles. The highest BCUT2D eigenvalue weighted by Gasteiger charge is 2.08. The maximum absolute atomic E-state index is 11.7. The topological polar surface area (TPSA) is 64.1 Å². The molecule has 0 unspecified atom stereocenters. The summed E-state index contributed by atoms with van der Waals surface area (Å²) < 4.78 is 6.38. The van der Waals surface area contributed by atoms with Gasteiger partial charge in [0.1, 0.15) is 11.4 Å². The summed E-state index contributed by atoms with van der Waals surface area (Å²) in [5.74, 6) is 0.470. The van der Waals surface area contributed by atoms with Crippen LogP contribution in [0.5, 0.6) is 5.75 Å². The van der Waals surface area contributed by atoms with Gasteiger partial charge in [-0.2, -0.15) is 0 Å². The van der Waals surface area contributed by atoms with Crippen molar-refractivity contribution in [1.29, 1.82) is 0 Å². The van der Waals surface area contributed by atoms with Crippen LogP contribution in [0.1, 0.15) is 17.4 Å². The highest BCUT2D eigenvalue weighted by atomic mass is 16.5. The molecule has 17 heavy (non-hydrogen) atoms. The van der Waals surface area contributed by atoms with Crippen LogP contribution in [0.4, 0.5) is 0 Å². The molecule has 0 aliphatic rings. The van der Waals surface area contributed by atoms with E-state index >= 15 is 0 Å². The van der Waals surface area contributed by atoms with Gasteiger partial charge in [-0.25, -0.2) is 4.68 Å². The molecular weight excluding hydrogens is 220 g/mol. The van der Waals surface area contributed by atoms with Crippen molar-refractivity contribution in [3.05, 3.63) is 46.4 Å². The summed E-state index contributed by atoms with van der Waals surface area (Å²) in [7, 11) is 1.55. The van der Waals surface area contributed by atoms with Gasteiger partial charge in [0.25, 0.3) is 5.56 Å². The third-order valence-electron chi connectivity index (χ3n) is 2.41.